The Morgan fingerprint density at radius 3 is 2.46 bits per heavy atom. The maximum atomic E-state index is 11.9. The molecule has 134 valence electrons. The number of hydrogen-bond acceptors (Lipinski definition) is 2. The van der Waals surface area contributed by atoms with Crippen molar-refractivity contribution in [1.29, 1.82) is 0 Å². The van der Waals surface area contributed by atoms with Crippen LogP contribution in [0.15, 0.2) is 24.3 Å². The van der Waals surface area contributed by atoms with Gasteiger partial charge in [-0.25, -0.2) is 0 Å². The first-order valence-electron chi connectivity index (χ1n) is 9.19. The molecule has 1 atom stereocenters. The van der Waals surface area contributed by atoms with Crippen molar-refractivity contribution in [1.82, 2.24) is 5.32 Å². The number of nitrogens with two attached hydrogens (primary N) is 1. The summed E-state index contributed by atoms with van der Waals surface area (Å²) in [7, 11) is 1.70. The zero-order valence-electron chi connectivity index (χ0n) is 15.3. The molecule has 0 unspecified atom stereocenters. The van der Waals surface area contributed by atoms with Crippen molar-refractivity contribution in [2.24, 2.45) is 0 Å². The molecular weight excluding hydrogens is 302 g/mol. The van der Waals surface area contributed by atoms with Gasteiger partial charge in [0.15, 0.2) is 12.6 Å². The lowest BCUT2D eigenvalue weighted by atomic mass is 10.0. The second kappa shape index (κ2) is 9.64. The molecule has 1 heterocycles. The van der Waals surface area contributed by atoms with Gasteiger partial charge in [-0.05, 0) is 57.4 Å². The lowest BCUT2D eigenvalue weighted by molar-refractivity contribution is -0.948. The summed E-state index contributed by atoms with van der Waals surface area (Å²) in [6, 6.07) is 9.06. The lowest BCUT2D eigenvalue weighted by Crippen LogP contribution is -3.15. The molecule has 0 bridgehead atoms. The maximum Gasteiger partial charge on any atom is 0.275 e. The largest absolute Gasteiger partial charge is 0.497 e. The second-order valence-electron chi connectivity index (χ2n) is 7.00. The zero-order valence-corrected chi connectivity index (χ0v) is 15.3. The average molecular weight is 335 g/mol. The number of benzene rings is 1. The van der Waals surface area contributed by atoms with E-state index in [1.165, 1.54) is 37.9 Å². The minimum absolute atomic E-state index is 0.118. The minimum atomic E-state index is 0.118. The summed E-state index contributed by atoms with van der Waals surface area (Å²) in [5.41, 5.74) is 1.34. The first-order valence-corrected chi connectivity index (χ1v) is 9.19. The molecule has 2 rings (SSSR count). The summed E-state index contributed by atoms with van der Waals surface area (Å²) in [5, 5.41) is 5.10. The Bertz CT molecular complexity index is 496. The number of nitrogens with one attached hydrogen (secondary N) is 2. The van der Waals surface area contributed by atoms with Crippen LogP contribution in [0.5, 0.6) is 5.75 Å². The van der Waals surface area contributed by atoms with Crippen molar-refractivity contribution in [3.05, 3.63) is 29.8 Å². The molecule has 1 fully saturated rings. The van der Waals surface area contributed by atoms with E-state index >= 15 is 0 Å². The number of amides is 1. The van der Waals surface area contributed by atoms with E-state index in [1.54, 1.807) is 12.0 Å². The van der Waals surface area contributed by atoms with Gasteiger partial charge in [-0.2, -0.15) is 0 Å². The number of likely N-dealkylation sites (tertiary alicyclic amines) is 1. The van der Waals surface area contributed by atoms with Gasteiger partial charge in [-0.3, -0.25) is 4.79 Å². The van der Waals surface area contributed by atoms with E-state index in [4.69, 9.17) is 4.74 Å². The van der Waals surface area contributed by atoms with E-state index in [0.29, 0.717) is 12.6 Å². The number of carbonyl (C=O) groups is 1. The zero-order chi connectivity index (χ0) is 17.4. The molecule has 4 N–H and O–H groups in total. The molecule has 5 nitrogen and oxygen atoms in total. The second-order valence-corrected chi connectivity index (χ2v) is 7.00. The molecule has 1 amide bonds. The third-order valence-corrected chi connectivity index (χ3v) is 4.69. The highest BCUT2D eigenvalue weighted by Crippen LogP contribution is 2.16. The Morgan fingerprint density at radius 2 is 1.88 bits per heavy atom. The highest BCUT2D eigenvalue weighted by molar-refractivity contribution is 5.76. The molecule has 1 aromatic rings. The highest BCUT2D eigenvalue weighted by atomic mass is 16.5. The van der Waals surface area contributed by atoms with Crippen LogP contribution >= 0.6 is 0 Å². The summed E-state index contributed by atoms with van der Waals surface area (Å²) in [5.74, 6) is 1.01. The number of methoxy groups -OCH3 is 1. The monoisotopic (exact) mass is 335 g/mol. The van der Waals surface area contributed by atoms with Crippen molar-refractivity contribution in [3.8, 4) is 5.75 Å². The number of carbonyl (C=O) groups excluding carboxylic acids is 1. The first-order chi connectivity index (χ1) is 11.6. The molecule has 0 aliphatic carbocycles. The lowest BCUT2D eigenvalue weighted by Gasteiger charge is -2.31. The Labute approximate surface area is 145 Å². The predicted molar refractivity (Wildman–Crippen MR) is 95.2 cm³/mol. The van der Waals surface area contributed by atoms with E-state index in [1.807, 2.05) is 26.0 Å². The van der Waals surface area contributed by atoms with E-state index in [-0.39, 0.29) is 11.9 Å². The van der Waals surface area contributed by atoms with Crippen LogP contribution in [0.2, 0.25) is 0 Å². The number of hydrogen-bond donors (Lipinski definition) is 3. The summed E-state index contributed by atoms with van der Waals surface area (Å²) < 4.78 is 5.28. The summed E-state index contributed by atoms with van der Waals surface area (Å²) >= 11 is 0. The summed E-state index contributed by atoms with van der Waals surface area (Å²) in [6.45, 7) is 7.88. The standard InChI is InChI=1S/C19H31N3O2/c1-15(2)21-19(23)14-20-13-18(22-11-5-4-6-12-22)16-7-9-17(24-3)10-8-16/h7-10,15,18,20H,4-6,11-14H2,1-3H3,(H,21,23)/p+2/t18-/m1/s1. The van der Waals surface area contributed by atoms with Gasteiger partial charge in [0.2, 0.25) is 0 Å². The van der Waals surface area contributed by atoms with Gasteiger partial charge < -0.3 is 20.3 Å². The van der Waals surface area contributed by atoms with E-state index in [0.717, 1.165) is 12.3 Å². The van der Waals surface area contributed by atoms with E-state index in [9.17, 15) is 4.79 Å². The number of rotatable bonds is 8. The van der Waals surface area contributed by atoms with Crippen LogP contribution in [0.3, 0.4) is 0 Å². The minimum Gasteiger partial charge on any atom is -0.497 e. The molecule has 0 saturated carbocycles. The van der Waals surface area contributed by atoms with Gasteiger partial charge in [0.25, 0.3) is 5.91 Å². The highest BCUT2D eigenvalue weighted by Gasteiger charge is 2.27. The van der Waals surface area contributed by atoms with Crippen molar-refractivity contribution in [2.75, 3.05) is 33.3 Å². The van der Waals surface area contributed by atoms with Crippen LogP contribution in [0.25, 0.3) is 0 Å². The molecule has 24 heavy (non-hydrogen) atoms. The number of piperidine rings is 1. The van der Waals surface area contributed by atoms with E-state index in [2.05, 4.69) is 22.8 Å². The Balaban J connectivity index is 1.98. The molecular formula is C19H33N3O2+2. The Kier molecular flexibility index (Phi) is 7.53. The quantitative estimate of drug-likeness (QED) is 0.621. The topological polar surface area (TPSA) is 59.4 Å². The smallest absolute Gasteiger partial charge is 0.275 e. The Morgan fingerprint density at radius 1 is 1.21 bits per heavy atom. The average Bonchev–Trinajstić information content (AvgIpc) is 2.59. The predicted octanol–water partition coefficient (Wildman–Crippen LogP) is -0.107. The molecule has 1 aromatic carbocycles. The van der Waals surface area contributed by atoms with Gasteiger partial charge in [0.05, 0.1) is 20.2 Å². The maximum absolute atomic E-state index is 11.9. The van der Waals surface area contributed by atoms with Crippen LogP contribution < -0.4 is 20.3 Å². The van der Waals surface area contributed by atoms with Crippen LogP contribution in [0.4, 0.5) is 0 Å². The molecule has 1 aliphatic heterocycles. The summed E-state index contributed by atoms with van der Waals surface area (Å²) in [4.78, 5) is 13.5. The molecule has 0 spiro atoms. The van der Waals surface area contributed by atoms with Gasteiger partial charge >= 0.3 is 0 Å². The van der Waals surface area contributed by atoms with Crippen molar-refractivity contribution >= 4 is 5.91 Å². The fourth-order valence-corrected chi connectivity index (χ4v) is 3.49. The molecule has 1 saturated heterocycles. The van der Waals surface area contributed by atoms with Crippen LogP contribution in [-0.2, 0) is 4.79 Å². The van der Waals surface area contributed by atoms with Crippen molar-refractivity contribution < 1.29 is 19.7 Å². The number of ether oxygens (including phenoxy) is 1. The fourth-order valence-electron chi connectivity index (χ4n) is 3.49. The Hall–Kier alpha value is -1.59. The third-order valence-electron chi connectivity index (χ3n) is 4.69. The van der Waals surface area contributed by atoms with Crippen LogP contribution in [0.1, 0.15) is 44.7 Å². The van der Waals surface area contributed by atoms with Gasteiger partial charge in [0.1, 0.15) is 12.3 Å². The van der Waals surface area contributed by atoms with Gasteiger partial charge in [0, 0.05) is 11.6 Å². The fraction of sp³-hybridized carbons (Fsp3) is 0.632. The normalized spacial score (nSPS) is 16.8. The third kappa shape index (κ3) is 5.80. The van der Waals surface area contributed by atoms with Gasteiger partial charge in [-0.15, -0.1) is 0 Å². The van der Waals surface area contributed by atoms with Crippen molar-refractivity contribution in [2.45, 2.75) is 45.2 Å². The molecule has 1 aliphatic rings. The first kappa shape index (κ1) is 18.7. The number of quaternary nitrogens is 2. The van der Waals surface area contributed by atoms with Crippen LogP contribution in [0, 0.1) is 0 Å². The molecule has 0 radical (unpaired) electrons. The molecule has 0 aromatic heterocycles. The van der Waals surface area contributed by atoms with Gasteiger partial charge in [-0.1, -0.05) is 0 Å². The van der Waals surface area contributed by atoms with Crippen molar-refractivity contribution in [3.63, 3.8) is 0 Å². The SMILES string of the molecule is COc1ccc([C@@H](C[NH2+]CC(=O)NC(C)C)[NH+]2CCCCC2)cc1. The van der Waals surface area contributed by atoms with E-state index < -0.39 is 0 Å². The van der Waals surface area contributed by atoms with Crippen LogP contribution in [-0.4, -0.2) is 45.2 Å². The molecule has 5 heteroatoms. The summed E-state index contributed by atoms with van der Waals surface area (Å²) in [6.07, 6.45) is 3.95.